The van der Waals surface area contributed by atoms with Gasteiger partial charge in [0.25, 0.3) is 0 Å². The fourth-order valence-electron chi connectivity index (χ4n) is 3.79. The smallest absolute Gasteiger partial charge is 0.0701 e. The monoisotopic (exact) mass is 369 g/mol. The van der Waals surface area contributed by atoms with Gasteiger partial charge in [0.15, 0.2) is 0 Å². The lowest BCUT2D eigenvalue weighted by Crippen LogP contribution is -2.45. The standard InChI is InChI=1S/C17H24BrNOS/c1-19-16(13-2-4-15(18)5-3-13)14-6-9-20-17(12-14)7-10-21-11-8-17/h2-5,14,16,19H,6-12H2,1H3. The lowest BCUT2D eigenvalue weighted by molar-refractivity contribution is -0.107. The molecule has 2 aliphatic rings. The van der Waals surface area contributed by atoms with E-state index >= 15 is 0 Å². The second-order valence-electron chi connectivity index (χ2n) is 6.21. The Kier molecular flexibility index (Phi) is 5.31. The van der Waals surface area contributed by atoms with E-state index in [1.807, 2.05) is 0 Å². The molecule has 2 fully saturated rings. The Bertz CT molecular complexity index is 453. The van der Waals surface area contributed by atoms with Gasteiger partial charge in [0, 0.05) is 17.1 Å². The molecule has 116 valence electrons. The number of ether oxygens (including phenoxy) is 1. The van der Waals surface area contributed by atoms with Crippen molar-refractivity contribution in [2.24, 2.45) is 5.92 Å². The van der Waals surface area contributed by atoms with E-state index in [-0.39, 0.29) is 5.60 Å². The minimum atomic E-state index is 0.165. The Morgan fingerprint density at radius 3 is 2.67 bits per heavy atom. The molecule has 21 heavy (non-hydrogen) atoms. The van der Waals surface area contributed by atoms with E-state index in [4.69, 9.17) is 4.74 Å². The van der Waals surface area contributed by atoms with Crippen LogP contribution < -0.4 is 5.32 Å². The van der Waals surface area contributed by atoms with Crippen molar-refractivity contribution in [1.29, 1.82) is 0 Å². The summed E-state index contributed by atoms with van der Waals surface area (Å²) in [6.45, 7) is 0.921. The number of rotatable bonds is 3. The van der Waals surface area contributed by atoms with E-state index < -0.39 is 0 Å². The molecule has 4 heteroatoms. The summed E-state index contributed by atoms with van der Waals surface area (Å²) in [5.74, 6) is 3.19. The fourth-order valence-corrected chi connectivity index (χ4v) is 5.29. The molecular weight excluding hydrogens is 346 g/mol. The van der Waals surface area contributed by atoms with Crippen LogP contribution in [0.5, 0.6) is 0 Å². The van der Waals surface area contributed by atoms with Crippen molar-refractivity contribution in [3.8, 4) is 0 Å². The second kappa shape index (κ2) is 7.03. The quantitative estimate of drug-likeness (QED) is 0.852. The van der Waals surface area contributed by atoms with Gasteiger partial charge in [-0.1, -0.05) is 28.1 Å². The molecule has 2 aliphatic heterocycles. The number of nitrogens with one attached hydrogen (secondary N) is 1. The van der Waals surface area contributed by atoms with Gasteiger partial charge in [-0.15, -0.1) is 0 Å². The Balaban J connectivity index is 1.75. The molecule has 1 spiro atoms. The number of halogens is 1. The van der Waals surface area contributed by atoms with E-state index in [9.17, 15) is 0 Å². The fraction of sp³-hybridized carbons (Fsp3) is 0.647. The molecule has 3 rings (SSSR count). The van der Waals surface area contributed by atoms with Gasteiger partial charge in [0.2, 0.25) is 0 Å². The van der Waals surface area contributed by atoms with Crippen molar-refractivity contribution in [3.63, 3.8) is 0 Å². The van der Waals surface area contributed by atoms with Crippen molar-refractivity contribution >= 4 is 27.7 Å². The highest BCUT2D eigenvalue weighted by Crippen LogP contribution is 2.43. The van der Waals surface area contributed by atoms with Crippen LogP contribution in [0.15, 0.2) is 28.7 Å². The summed E-state index contributed by atoms with van der Waals surface area (Å²) in [7, 11) is 2.09. The minimum absolute atomic E-state index is 0.165. The molecular formula is C17H24BrNOS. The topological polar surface area (TPSA) is 21.3 Å². The number of hydrogen-bond acceptors (Lipinski definition) is 3. The van der Waals surface area contributed by atoms with Crippen LogP contribution in [-0.4, -0.2) is 30.8 Å². The van der Waals surface area contributed by atoms with Crippen molar-refractivity contribution in [2.75, 3.05) is 25.2 Å². The van der Waals surface area contributed by atoms with E-state index in [0.29, 0.717) is 12.0 Å². The zero-order valence-electron chi connectivity index (χ0n) is 12.6. The van der Waals surface area contributed by atoms with Gasteiger partial charge < -0.3 is 10.1 Å². The maximum Gasteiger partial charge on any atom is 0.0701 e. The van der Waals surface area contributed by atoms with Gasteiger partial charge in [-0.2, -0.15) is 11.8 Å². The minimum Gasteiger partial charge on any atom is -0.375 e. The highest BCUT2D eigenvalue weighted by atomic mass is 79.9. The Hall–Kier alpha value is -0.0300. The lowest BCUT2D eigenvalue weighted by atomic mass is 9.77. The Morgan fingerprint density at radius 2 is 2.00 bits per heavy atom. The van der Waals surface area contributed by atoms with Crippen LogP contribution in [0.25, 0.3) is 0 Å². The van der Waals surface area contributed by atoms with Crippen LogP contribution in [-0.2, 0) is 4.74 Å². The van der Waals surface area contributed by atoms with Crippen LogP contribution in [0.4, 0.5) is 0 Å². The van der Waals surface area contributed by atoms with Gasteiger partial charge in [0.05, 0.1) is 5.60 Å². The normalized spacial score (nSPS) is 26.7. The molecule has 1 aromatic carbocycles. The molecule has 0 saturated carbocycles. The van der Waals surface area contributed by atoms with E-state index in [1.54, 1.807) is 0 Å². The summed E-state index contributed by atoms with van der Waals surface area (Å²) in [6, 6.07) is 9.21. The summed E-state index contributed by atoms with van der Waals surface area (Å²) >= 11 is 5.60. The maximum atomic E-state index is 6.24. The second-order valence-corrected chi connectivity index (χ2v) is 8.36. The van der Waals surface area contributed by atoms with E-state index in [0.717, 1.165) is 17.5 Å². The first-order valence-electron chi connectivity index (χ1n) is 7.87. The highest BCUT2D eigenvalue weighted by Gasteiger charge is 2.41. The molecule has 2 atom stereocenters. The number of thioether (sulfide) groups is 1. The zero-order valence-corrected chi connectivity index (χ0v) is 15.0. The zero-order chi connectivity index (χ0) is 14.7. The molecule has 0 radical (unpaired) electrons. The molecule has 1 aromatic rings. The molecule has 2 heterocycles. The maximum absolute atomic E-state index is 6.24. The van der Waals surface area contributed by atoms with Gasteiger partial charge in [-0.3, -0.25) is 0 Å². The van der Waals surface area contributed by atoms with Crippen LogP contribution >= 0.6 is 27.7 Å². The summed E-state index contributed by atoms with van der Waals surface area (Å²) < 4.78 is 7.38. The van der Waals surface area contributed by atoms with E-state index in [1.165, 1.54) is 36.3 Å². The van der Waals surface area contributed by atoms with Crippen molar-refractivity contribution in [3.05, 3.63) is 34.3 Å². The summed E-state index contributed by atoms with van der Waals surface area (Å²) in [4.78, 5) is 0. The van der Waals surface area contributed by atoms with Gasteiger partial charge in [-0.25, -0.2) is 0 Å². The third-order valence-corrected chi connectivity index (χ3v) is 6.46. The van der Waals surface area contributed by atoms with Gasteiger partial charge in [0.1, 0.15) is 0 Å². The van der Waals surface area contributed by atoms with Crippen molar-refractivity contribution < 1.29 is 4.74 Å². The predicted molar refractivity (Wildman–Crippen MR) is 93.9 cm³/mol. The van der Waals surface area contributed by atoms with E-state index in [2.05, 4.69) is 64.3 Å². The van der Waals surface area contributed by atoms with Gasteiger partial charge in [-0.05, 0) is 67.9 Å². The van der Waals surface area contributed by atoms with Gasteiger partial charge >= 0.3 is 0 Å². The number of benzene rings is 1. The molecule has 0 aliphatic carbocycles. The Morgan fingerprint density at radius 1 is 1.29 bits per heavy atom. The summed E-state index contributed by atoms with van der Waals surface area (Å²) in [6.07, 6.45) is 4.82. The first-order valence-corrected chi connectivity index (χ1v) is 9.82. The molecule has 2 saturated heterocycles. The summed E-state index contributed by atoms with van der Waals surface area (Å²) in [5.41, 5.74) is 1.56. The predicted octanol–water partition coefficient (Wildman–Crippen LogP) is 4.40. The summed E-state index contributed by atoms with van der Waals surface area (Å²) in [5, 5.41) is 3.55. The molecule has 2 nitrogen and oxygen atoms in total. The average molecular weight is 370 g/mol. The SMILES string of the molecule is CNC(c1ccc(Br)cc1)C1CCOC2(CCSCC2)C1. The van der Waals surface area contributed by atoms with Crippen molar-refractivity contribution in [2.45, 2.75) is 37.3 Å². The first-order chi connectivity index (χ1) is 10.2. The van der Waals surface area contributed by atoms with Crippen LogP contribution in [0.1, 0.15) is 37.3 Å². The molecule has 2 unspecified atom stereocenters. The van der Waals surface area contributed by atoms with Crippen LogP contribution in [0, 0.1) is 5.92 Å². The van der Waals surface area contributed by atoms with Crippen LogP contribution in [0.3, 0.4) is 0 Å². The third-order valence-electron chi connectivity index (χ3n) is 4.95. The van der Waals surface area contributed by atoms with Crippen molar-refractivity contribution in [1.82, 2.24) is 5.32 Å². The largest absolute Gasteiger partial charge is 0.375 e. The number of hydrogen-bond donors (Lipinski definition) is 1. The molecule has 0 aromatic heterocycles. The molecule has 0 amide bonds. The first kappa shape index (κ1) is 15.9. The average Bonchev–Trinajstić information content (AvgIpc) is 2.51. The third kappa shape index (κ3) is 3.66. The molecule has 1 N–H and O–H groups in total. The Labute approximate surface area is 140 Å². The lowest BCUT2D eigenvalue weighted by Gasteiger charge is -2.45. The molecule has 0 bridgehead atoms. The highest BCUT2D eigenvalue weighted by molar-refractivity contribution is 9.10. The van der Waals surface area contributed by atoms with Crippen LogP contribution in [0.2, 0.25) is 0 Å².